The molecule has 0 amide bonds. The van der Waals surface area contributed by atoms with Gasteiger partial charge in [0.05, 0.1) is 19.3 Å². The number of rotatable bonds is 1. The van der Waals surface area contributed by atoms with Gasteiger partial charge in [-0.15, -0.1) is 0 Å². The molecule has 2 unspecified atom stereocenters. The molecule has 0 aromatic carbocycles. The highest BCUT2D eigenvalue weighted by molar-refractivity contribution is 5.73. The molecule has 0 bridgehead atoms. The van der Waals surface area contributed by atoms with Gasteiger partial charge < -0.3 is 14.6 Å². The van der Waals surface area contributed by atoms with Crippen LogP contribution in [0.25, 0.3) is 0 Å². The summed E-state index contributed by atoms with van der Waals surface area (Å²) in [6.07, 6.45) is 2.32. The third-order valence-corrected chi connectivity index (χ3v) is 1.66. The molecular weight excluding hydrogens is 160 g/mol. The Morgan fingerprint density at radius 2 is 2.00 bits per heavy atom. The van der Waals surface area contributed by atoms with Gasteiger partial charge in [0.2, 0.25) is 0 Å². The van der Waals surface area contributed by atoms with Crippen LogP contribution in [0, 0.1) is 0 Å². The summed E-state index contributed by atoms with van der Waals surface area (Å²) >= 11 is 0. The van der Waals surface area contributed by atoms with E-state index in [1.165, 1.54) is 0 Å². The van der Waals surface area contributed by atoms with Crippen LogP contribution in [-0.4, -0.2) is 36.5 Å². The first kappa shape index (κ1) is 9.22. The largest absolute Gasteiger partial charge is 0.479 e. The van der Waals surface area contributed by atoms with Crippen LogP contribution in [0.15, 0.2) is 12.2 Å². The van der Waals surface area contributed by atoms with Crippen molar-refractivity contribution in [2.45, 2.75) is 19.1 Å². The zero-order valence-corrected chi connectivity index (χ0v) is 6.90. The van der Waals surface area contributed by atoms with E-state index in [9.17, 15) is 4.79 Å². The van der Waals surface area contributed by atoms with Crippen molar-refractivity contribution in [3.8, 4) is 0 Å². The fraction of sp³-hybridized carbons (Fsp3) is 0.625. The molecule has 0 aromatic rings. The third kappa shape index (κ3) is 2.32. The summed E-state index contributed by atoms with van der Waals surface area (Å²) in [5.41, 5.74) is 0. The SMILES string of the molecule is CC1OC/C=C\COC1C(=O)O. The maximum atomic E-state index is 10.6. The van der Waals surface area contributed by atoms with Gasteiger partial charge >= 0.3 is 5.97 Å². The van der Waals surface area contributed by atoms with Crippen molar-refractivity contribution in [1.82, 2.24) is 0 Å². The minimum Gasteiger partial charge on any atom is -0.479 e. The summed E-state index contributed by atoms with van der Waals surface area (Å²) in [7, 11) is 0. The Hall–Kier alpha value is -0.870. The average molecular weight is 172 g/mol. The van der Waals surface area contributed by atoms with Crippen LogP contribution in [0.5, 0.6) is 0 Å². The van der Waals surface area contributed by atoms with E-state index in [-0.39, 0.29) is 0 Å². The highest BCUT2D eigenvalue weighted by Crippen LogP contribution is 2.06. The van der Waals surface area contributed by atoms with Crippen molar-refractivity contribution in [3.05, 3.63) is 12.2 Å². The quantitative estimate of drug-likeness (QED) is 0.583. The topological polar surface area (TPSA) is 55.8 Å². The molecule has 12 heavy (non-hydrogen) atoms. The molecule has 0 aromatic heterocycles. The van der Waals surface area contributed by atoms with Crippen molar-refractivity contribution in [2.24, 2.45) is 0 Å². The van der Waals surface area contributed by atoms with Gasteiger partial charge in [-0.1, -0.05) is 12.2 Å². The van der Waals surface area contributed by atoms with E-state index in [0.717, 1.165) is 0 Å². The molecule has 0 radical (unpaired) electrons. The minimum absolute atomic E-state index is 0.338. The Kier molecular flexibility index (Phi) is 3.25. The summed E-state index contributed by atoms with van der Waals surface area (Å²) in [5, 5.41) is 8.70. The number of aliphatic carboxylic acids is 1. The van der Waals surface area contributed by atoms with E-state index in [2.05, 4.69) is 0 Å². The van der Waals surface area contributed by atoms with Crippen molar-refractivity contribution in [1.29, 1.82) is 0 Å². The standard InChI is InChI=1S/C8H12O4/c1-6-7(8(9)10)12-5-3-2-4-11-6/h2-3,6-7H,4-5H2,1H3,(H,9,10)/b3-2-. The molecule has 4 nitrogen and oxygen atoms in total. The molecule has 1 aliphatic rings. The molecule has 1 aliphatic heterocycles. The summed E-state index contributed by atoms with van der Waals surface area (Å²) in [4.78, 5) is 10.6. The lowest BCUT2D eigenvalue weighted by Gasteiger charge is -2.21. The van der Waals surface area contributed by atoms with Crippen LogP contribution in [0.1, 0.15) is 6.92 Å². The van der Waals surface area contributed by atoms with Gasteiger partial charge in [-0.3, -0.25) is 0 Å². The average Bonchev–Trinajstić information content (AvgIpc) is 1.96. The maximum absolute atomic E-state index is 10.6. The normalized spacial score (nSPS) is 33.4. The van der Waals surface area contributed by atoms with Crippen molar-refractivity contribution < 1.29 is 19.4 Å². The molecule has 0 saturated carbocycles. The van der Waals surface area contributed by atoms with E-state index >= 15 is 0 Å². The van der Waals surface area contributed by atoms with Crippen LogP contribution in [-0.2, 0) is 14.3 Å². The van der Waals surface area contributed by atoms with Gasteiger partial charge in [-0.05, 0) is 6.92 Å². The second kappa shape index (κ2) is 4.23. The molecule has 0 saturated heterocycles. The molecule has 1 N–H and O–H groups in total. The van der Waals surface area contributed by atoms with Crippen molar-refractivity contribution in [2.75, 3.05) is 13.2 Å². The van der Waals surface area contributed by atoms with E-state index in [0.29, 0.717) is 13.2 Å². The van der Waals surface area contributed by atoms with Crippen molar-refractivity contribution >= 4 is 5.97 Å². The summed E-state index contributed by atoms with van der Waals surface area (Å²) in [5.74, 6) is -0.974. The molecule has 1 rings (SSSR count). The van der Waals surface area contributed by atoms with Gasteiger partial charge in [0, 0.05) is 0 Å². The predicted octanol–water partition coefficient (Wildman–Crippen LogP) is 0.431. The molecule has 0 aliphatic carbocycles. The summed E-state index contributed by atoms with van der Waals surface area (Å²) < 4.78 is 10.2. The third-order valence-electron chi connectivity index (χ3n) is 1.66. The van der Waals surface area contributed by atoms with Gasteiger partial charge in [0.25, 0.3) is 0 Å². The van der Waals surface area contributed by atoms with Crippen LogP contribution in [0.4, 0.5) is 0 Å². The van der Waals surface area contributed by atoms with Gasteiger partial charge in [0.15, 0.2) is 6.10 Å². The first-order chi connectivity index (χ1) is 5.72. The lowest BCUT2D eigenvalue weighted by Crippen LogP contribution is -2.37. The van der Waals surface area contributed by atoms with Crippen molar-refractivity contribution in [3.63, 3.8) is 0 Å². The summed E-state index contributed by atoms with van der Waals surface area (Å²) in [6, 6.07) is 0. The lowest BCUT2D eigenvalue weighted by atomic mass is 10.2. The number of carbonyl (C=O) groups is 1. The van der Waals surface area contributed by atoms with Gasteiger partial charge in [-0.2, -0.15) is 0 Å². The molecule has 4 heteroatoms. The Bertz CT molecular complexity index is 187. The Labute approximate surface area is 70.8 Å². The zero-order chi connectivity index (χ0) is 8.97. The maximum Gasteiger partial charge on any atom is 0.335 e. The summed E-state index contributed by atoms with van der Waals surface area (Å²) in [6.45, 7) is 2.48. The Balaban J connectivity index is 2.58. The first-order valence-electron chi connectivity index (χ1n) is 3.83. The Morgan fingerprint density at radius 1 is 1.42 bits per heavy atom. The molecule has 68 valence electrons. The van der Waals surface area contributed by atoms with Gasteiger partial charge in [0.1, 0.15) is 0 Å². The van der Waals surface area contributed by atoms with Crippen LogP contribution in [0.3, 0.4) is 0 Å². The van der Waals surface area contributed by atoms with Crippen LogP contribution < -0.4 is 0 Å². The van der Waals surface area contributed by atoms with E-state index < -0.39 is 18.2 Å². The molecule has 0 fully saturated rings. The second-order valence-electron chi connectivity index (χ2n) is 2.60. The highest BCUT2D eigenvalue weighted by Gasteiger charge is 2.26. The first-order valence-corrected chi connectivity index (χ1v) is 3.83. The number of carboxylic acids is 1. The molecule has 0 spiro atoms. The fourth-order valence-electron chi connectivity index (χ4n) is 0.998. The monoisotopic (exact) mass is 172 g/mol. The lowest BCUT2D eigenvalue weighted by molar-refractivity contribution is -0.159. The Morgan fingerprint density at radius 3 is 2.58 bits per heavy atom. The van der Waals surface area contributed by atoms with E-state index in [1.807, 2.05) is 6.08 Å². The van der Waals surface area contributed by atoms with Crippen LogP contribution >= 0.6 is 0 Å². The fourth-order valence-corrected chi connectivity index (χ4v) is 0.998. The van der Waals surface area contributed by atoms with Crippen LogP contribution in [0.2, 0.25) is 0 Å². The molecular formula is C8H12O4. The van der Waals surface area contributed by atoms with E-state index in [1.54, 1.807) is 13.0 Å². The second-order valence-corrected chi connectivity index (χ2v) is 2.60. The molecule has 1 heterocycles. The molecule has 2 atom stereocenters. The van der Waals surface area contributed by atoms with Gasteiger partial charge in [-0.25, -0.2) is 4.79 Å². The number of carboxylic acid groups (broad SMARTS) is 1. The van der Waals surface area contributed by atoms with E-state index in [4.69, 9.17) is 14.6 Å². The number of hydrogen-bond acceptors (Lipinski definition) is 3. The predicted molar refractivity (Wildman–Crippen MR) is 41.9 cm³/mol. The number of ether oxygens (including phenoxy) is 2. The zero-order valence-electron chi connectivity index (χ0n) is 6.90. The highest BCUT2D eigenvalue weighted by atomic mass is 16.6. The minimum atomic E-state index is -0.974. The number of hydrogen-bond donors (Lipinski definition) is 1. The smallest absolute Gasteiger partial charge is 0.335 e.